The van der Waals surface area contributed by atoms with Crippen LogP contribution in [-0.4, -0.2) is 27.1 Å². The maximum absolute atomic E-state index is 5.25. The molecule has 1 saturated carbocycles. The molecular formula is C22H30N4S. The maximum Gasteiger partial charge on any atom is 0.143 e. The molecule has 27 heavy (non-hydrogen) atoms. The van der Waals surface area contributed by atoms with Gasteiger partial charge in [-0.15, -0.1) is 0 Å². The second-order valence-electron chi connectivity index (χ2n) is 8.44. The topological polar surface area (TPSA) is 50.2 Å². The Morgan fingerprint density at radius 2 is 2.00 bits per heavy atom. The van der Waals surface area contributed by atoms with Gasteiger partial charge in [0.2, 0.25) is 0 Å². The number of hydrogen-bond acceptors (Lipinski definition) is 5. The number of unbranched alkanes of at least 4 members (excludes halogenated alkanes) is 1. The van der Waals surface area contributed by atoms with E-state index in [9.17, 15) is 0 Å². The summed E-state index contributed by atoms with van der Waals surface area (Å²) in [5.41, 5.74) is 5.87. The van der Waals surface area contributed by atoms with Gasteiger partial charge in [0.1, 0.15) is 17.5 Å². The van der Waals surface area contributed by atoms with Crippen LogP contribution >= 0.6 is 11.8 Å². The molecule has 0 radical (unpaired) electrons. The maximum atomic E-state index is 5.25. The fourth-order valence-corrected chi connectivity index (χ4v) is 6.64. The SMILES string of the molecule is CCCCC1=N[C@H]2Sc3c(NC4CCCCC4)ncnc3[C@H]2C2=C1CCC2. The Kier molecular flexibility index (Phi) is 4.97. The number of aliphatic imine (C=N–C) groups is 1. The van der Waals surface area contributed by atoms with Gasteiger partial charge in [0, 0.05) is 11.8 Å². The Hall–Kier alpha value is -1.36. The predicted molar refractivity (Wildman–Crippen MR) is 113 cm³/mol. The smallest absolute Gasteiger partial charge is 0.143 e. The molecular weight excluding hydrogens is 352 g/mol. The number of rotatable bonds is 5. The van der Waals surface area contributed by atoms with Crippen molar-refractivity contribution in [3.05, 3.63) is 23.2 Å². The van der Waals surface area contributed by atoms with Crippen LogP contribution in [0.15, 0.2) is 27.4 Å². The quantitative estimate of drug-likeness (QED) is 0.693. The third kappa shape index (κ3) is 3.22. The fourth-order valence-electron chi connectivity index (χ4n) is 5.26. The summed E-state index contributed by atoms with van der Waals surface area (Å²) >= 11 is 1.91. The van der Waals surface area contributed by atoms with Crippen LogP contribution in [0.4, 0.5) is 5.82 Å². The molecule has 2 aliphatic heterocycles. The molecule has 4 nitrogen and oxygen atoms in total. The number of nitrogens with one attached hydrogen (secondary N) is 1. The van der Waals surface area contributed by atoms with Crippen LogP contribution in [0, 0.1) is 0 Å². The second-order valence-corrected chi connectivity index (χ2v) is 9.57. The molecule has 0 spiro atoms. The first-order valence-corrected chi connectivity index (χ1v) is 11.8. The van der Waals surface area contributed by atoms with Gasteiger partial charge in [-0.05, 0) is 50.5 Å². The molecule has 1 aromatic heterocycles. The molecule has 4 aliphatic rings. The van der Waals surface area contributed by atoms with Gasteiger partial charge >= 0.3 is 0 Å². The van der Waals surface area contributed by atoms with E-state index in [1.165, 1.54) is 80.5 Å². The summed E-state index contributed by atoms with van der Waals surface area (Å²) in [7, 11) is 0. The van der Waals surface area contributed by atoms with E-state index in [1.54, 1.807) is 17.5 Å². The van der Waals surface area contributed by atoms with E-state index in [2.05, 4.69) is 17.2 Å². The molecule has 1 aromatic rings. The van der Waals surface area contributed by atoms with Crippen LogP contribution in [0.3, 0.4) is 0 Å². The normalized spacial score (nSPS) is 27.2. The van der Waals surface area contributed by atoms with Gasteiger partial charge in [0.25, 0.3) is 0 Å². The lowest BCUT2D eigenvalue weighted by molar-refractivity contribution is 0.461. The Morgan fingerprint density at radius 3 is 2.85 bits per heavy atom. The van der Waals surface area contributed by atoms with E-state index in [0.29, 0.717) is 12.0 Å². The zero-order chi connectivity index (χ0) is 18.2. The average Bonchev–Trinajstić information content (AvgIpc) is 3.31. The first-order chi connectivity index (χ1) is 13.3. The van der Waals surface area contributed by atoms with E-state index in [0.717, 1.165) is 12.2 Å². The summed E-state index contributed by atoms with van der Waals surface area (Å²) in [6, 6.07) is 0.575. The van der Waals surface area contributed by atoms with E-state index < -0.39 is 0 Å². The van der Waals surface area contributed by atoms with Crippen molar-refractivity contribution in [3.63, 3.8) is 0 Å². The van der Waals surface area contributed by atoms with Crippen molar-refractivity contribution in [1.82, 2.24) is 9.97 Å². The number of allylic oxidation sites excluding steroid dienone is 1. The molecule has 0 unspecified atom stereocenters. The van der Waals surface area contributed by atoms with Crippen molar-refractivity contribution in [2.24, 2.45) is 4.99 Å². The summed E-state index contributed by atoms with van der Waals surface area (Å²) < 4.78 is 0. The first-order valence-electron chi connectivity index (χ1n) is 10.9. The van der Waals surface area contributed by atoms with Crippen LogP contribution in [-0.2, 0) is 0 Å². The lowest BCUT2D eigenvalue weighted by atomic mass is 9.87. The minimum atomic E-state index is 0.285. The third-order valence-corrected chi connectivity index (χ3v) is 7.89. The van der Waals surface area contributed by atoms with Crippen molar-refractivity contribution in [2.45, 2.75) is 99.8 Å². The number of anilines is 1. The highest BCUT2D eigenvalue weighted by molar-refractivity contribution is 8.00. The zero-order valence-electron chi connectivity index (χ0n) is 16.3. The average molecular weight is 383 g/mol. The molecule has 0 bridgehead atoms. The van der Waals surface area contributed by atoms with Crippen molar-refractivity contribution < 1.29 is 0 Å². The molecule has 2 aliphatic carbocycles. The van der Waals surface area contributed by atoms with Crippen molar-refractivity contribution in [3.8, 4) is 0 Å². The monoisotopic (exact) mass is 382 g/mol. The molecule has 5 heteroatoms. The standard InChI is InChI=1S/C22H30N4S/c1-2-3-12-17-15-10-7-11-16(15)18-19-20(27-22(18)26-17)21(24-13-23-19)25-14-8-5-4-6-9-14/h13-14,18,22H,2-12H2,1H3,(H,23,24,25)/t18-,22+/m1/s1. The summed E-state index contributed by atoms with van der Waals surface area (Å²) in [5.74, 6) is 1.46. The highest BCUT2D eigenvalue weighted by Crippen LogP contribution is 2.56. The molecule has 0 aromatic carbocycles. The highest BCUT2D eigenvalue weighted by Gasteiger charge is 2.44. The Balaban J connectivity index is 1.46. The first kappa shape index (κ1) is 17.7. The van der Waals surface area contributed by atoms with Crippen molar-refractivity contribution in [2.75, 3.05) is 5.32 Å². The Bertz CT molecular complexity index is 779. The Labute approximate surface area is 166 Å². The Morgan fingerprint density at radius 1 is 1.11 bits per heavy atom. The summed E-state index contributed by atoms with van der Waals surface area (Å²) in [6.07, 6.45) is 15.7. The van der Waals surface area contributed by atoms with E-state index in [-0.39, 0.29) is 5.37 Å². The lowest BCUT2D eigenvalue weighted by Crippen LogP contribution is -2.23. The second kappa shape index (κ2) is 7.57. The van der Waals surface area contributed by atoms with Gasteiger partial charge in [0.05, 0.1) is 16.5 Å². The molecule has 5 rings (SSSR count). The molecule has 144 valence electrons. The van der Waals surface area contributed by atoms with Gasteiger partial charge in [-0.1, -0.05) is 49.9 Å². The van der Waals surface area contributed by atoms with Gasteiger partial charge in [-0.3, -0.25) is 4.99 Å². The minimum Gasteiger partial charge on any atom is -0.366 e. The van der Waals surface area contributed by atoms with Crippen molar-refractivity contribution >= 4 is 23.3 Å². The minimum absolute atomic E-state index is 0.285. The van der Waals surface area contributed by atoms with E-state index in [1.807, 2.05) is 11.8 Å². The summed E-state index contributed by atoms with van der Waals surface area (Å²) in [6.45, 7) is 2.27. The molecule has 0 saturated heterocycles. The molecule has 1 N–H and O–H groups in total. The number of aromatic nitrogens is 2. The molecule has 2 atom stereocenters. The van der Waals surface area contributed by atoms with Gasteiger partial charge in [0.15, 0.2) is 0 Å². The van der Waals surface area contributed by atoms with Crippen molar-refractivity contribution in [1.29, 1.82) is 0 Å². The van der Waals surface area contributed by atoms with Crippen LogP contribution in [0.5, 0.6) is 0 Å². The number of thioether (sulfide) groups is 1. The number of hydrogen-bond donors (Lipinski definition) is 1. The predicted octanol–water partition coefficient (Wildman–Crippen LogP) is 5.86. The fraction of sp³-hybridized carbons (Fsp3) is 0.682. The number of fused-ring (bicyclic) bond motifs is 4. The largest absolute Gasteiger partial charge is 0.366 e. The summed E-state index contributed by atoms with van der Waals surface area (Å²) in [5, 5.41) is 4.04. The third-order valence-electron chi connectivity index (χ3n) is 6.63. The number of nitrogens with zero attached hydrogens (tertiary/aromatic N) is 3. The lowest BCUT2D eigenvalue weighted by Gasteiger charge is -2.26. The molecule has 0 amide bonds. The van der Waals surface area contributed by atoms with Gasteiger partial charge in [-0.2, -0.15) is 0 Å². The van der Waals surface area contributed by atoms with Gasteiger partial charge in [-0.25, -0.2) is 9.97 Å². The molecule has 1 fully saturated rings. The van der Waals surface area contributed by atoms with E-state index in [4.69, 9.17) is 9.98 Å². The van der Waals surface area contributed by atoms with Crippen LogP contribution < -0.4 is 5.32 Å². The highest BCUT2D eigenvalue weighted by atomic mass is 32.2. The number of dihydropyridines is 1. The summed E-state index contributed by atoms with van der Waals surface area (Å²) in [4.78, 5) is 15.9. The van der Waals surface area contributed by atoms with Crippen LogP contribution in [0.1, 0.15) is 89.2 Å². The van der Waals surface area contributed by atoms with Gasteiger partial charge < -0.3 is 5.32 Å². The van der Waals surface area contributed by atoms with E-state index >= 15 is 0 Å². The molecule has 3 heterocycles. The van der Waals surface area contributed by atoms with Crippen LogP contribution in [0.25, 0.3) is 0 Å². The van der Waals surface area contributed by atoms with Crippen LogP contribution in [0.2, 0.25) is 0 Å². The zero-order valence-corrected chi connectivity index (χ0v) is 17.2.